The number of carbonyl (C=O) groups excluding carboxylic acids is 2. The molecule has 2 amide bonds. The van der Waals surface area contributed by atoms with Gasteiger partial charge in [-0.25, -0.2) is 0 Å². The highest BCUT2D eigenvalue weighted by Gasteiger charge is 2.23. The van der Waals surface area contributed by atoms with Gasteiger partial charge in [-0.05, 0) is 62.4 Å². The molecule has 3 rings (SSSR count). The largest absolute Gasteiger partial charge is 0.339 e. The molecule has 24 heavy (non-hydrogen) atoms. The molecule has 5 nitrogen and oxygen atoms in total. The number of carbonyl (C=O) groups is 2. The van der Waals surface area contributed by atoms with Gasteiger partial charge in [-0.2, -0.15) is 0 Å². The molecule has 2 aliphatic rings. The van der Waals surface area contributed by atoms with E-state index in [9.17, 15) is 9.59 Å². The maximum absolute atomic E-state index is 12.5. The van der Waals surface area contributed by atoms with Gasteiger partial charge in [0.15, 0.2) is 0 Å². The second kappa shape index (κ2) is 8.49. The molecule has 6 heteroatoms. The Balaban J connectivity index is 0.00000208. The molecule has 1 unspecified atom stereocenters. The van der Waals surface area contributed by atoms with Crippen LogP contribution >= 0.6 is 12.4 Å². The van der Waals surface area contributed by atoms with Gasteiger partial charge in [0.25, 0.3) is 5.91 Å². The number of amides is 2. The van der Waals surface area contributed by atoms with Crippen molar-refractivity contribution in [1.82, 2.24) is 10.2 Å². The van der Waals surface area contributed by atoms with Crippen molar-refractivity contribution in [3.8, 4) is 0 Å². The van der Waals surface area contributed by atoms with E-state index in [-0.39, 0.29) is 30.3 Å². The fraction of sp³-hybridized carbons (Fsp3) is 0.556. The van der Waals surface area contributed by atoms with E-state index in [0.29, 0.717) is 11.5 Å². The van der Waals surface area contributed by atoms with Crippen LogP contribution in [0.1, 0.15) is 43.0 Å². The zero-order valence-electron chi connectivity index (χ0n) is 14.1. The standard InChI is InChI=1S/C18H25N3O2.ClH/c1-13-8-11-21(12-9-13)18(23)14-4-6-15(7-5-14)20-17(22)16-3-2-10-19-16;/h4-7,13,16,19H,2-3,8-12H2,1H3,(H,20,22);1H. The summed E-state index contributed by atoms with van der Waals surface area (Å²) in [6.45, 7) is 4.82. The number of nitrogens with one attached hydrogen (secondary N) is 2. The summed E-state index contributed by atoms with van der Waals surface area (Å²) in [7, 11) is 0. The van der Waals surface area contributed by atoms with Crippen molar-refractivity contribution in [1.29, 1.82) is 0 Å². The number of likely N-dealkylation sites (tertiary alicyclic amines) is 1. The van der Waals surface area contributed by atoms with E-state index in [2.05, 4.69) is 17.6 Å². The smallest absolute Gasteiger partial charge is 0.253 e. The average molecular weight is 352 g/mol. The molecule has 132 valence electrons. The number of piperidine rings is 1. The third-order valence-corrected chi connectivity index (χ3v) is 4.85. The molecule has 0 saturated carbocycles. The minimum Gasteiger partial charge on any atom is -0.339 e. The summed E-state index contributed by atoms with van der Waals surface area (Å²) >= 11 is 0. The highest BCUT2D eigenvalue weighted by atomic mass is 35.5. The van der Waals surface area contributed by atoms with Gasteiger partial charge in [0.2, 0.25) is 5.91 Å². The summed E-state index contributed by atoms with van der Waals surface area (Å²) in [6.07, 6.45) is 4.08. The molecule has 1 aromatic carbocycles. The zero-order chi connectivity index (χ0) is 16.2. The minimum atomic E-state index is -0.0911. The molecule has 2 heterocycles. The lowest BCUT2D eigenvalue weighted by Gasteiger charge is -2.30. The molecule has 2 N–H and O–H groups in total. The molecular weight excluding hydrogens is 326 g/mol. The molecule has 2 saturated heterocycles. The number of hydrogen-bond acceptors (Lipinski definition) is 3. The second-order valence-electron chi connectivity index (χ2n) is 6.69. The first-order valence-corrected chi connectivity index (χ1v) is 8.57. The van der Waals surface area contributed by atoms with Crippen LogP contribution in [0.15, 0.2) is 24.3 Å². The maximum Gasteiger partial charge on any atom is 0.253 e. The van der Waals surface area contributed by atoms with Crippen LogP contribution in [0.4, 0.5) is 5.69 Å². The van der Waals surface area contributed by atoms with Crippen LogP contribution in [0.25, 0.3) is 0 Å². The lowest BCUT2D eigenvalue weighted by molar-refractivity contribution is -0.117. The van der Waals surface area contributed by atoms with Crippen molar-refractivity contribution in [2.24, 2.45) is 5.92 Å². The Morgan fingerprint density at radius 3 is 2.38 bits per heavy atom. The number of rotatable bonds is 3. The van der Waals surface area contributed by atoms with E-state index in [1.807, 2.05) is 17.0 Å². The molecule has 0 radical (unpaired) electrons. The van der Waals surface area contributed by atoms with Crippen LogP contribution < -0.4 is 10.6 Å². The van der Waals surface area contributed by atoms with Gasteiger partial charge in [0, 0.05) is 24.3 Å². The Kier molecular flexibility index (Phi) is 6.63. The summed E-state index contributed by atoms with van der Waals surface area (Å²) < 4.78 is 0. The molecule has 2 aliphatic heterocycles. The lowest BCUT2D eigenvalue weighted by Crippen LogP contribution is -2.38. The molecule has 0 aliphatic carbocycles. The first-order chi connectivity index (χ1) is 11.1. The highest BCUT2D eigenvalue weighted by Crippen LogP contribution is 2.19. The molecule has 1 atom stereocenters. The average Bonchev–Trinajstić information content (AvgIpc) is 3.10. The van der Waals surface area contributed by atoms with Gasteiger partial charge in [-0.3, -0.25) is 9.59 Å². The van der Waals surface area contributed by atoms with Crippen molar-refractivity contribution in [3.05, 3.63) is 29.8 Å². The van der Waals surface area contributed by atoms with Gasteiger partial charge in [0.05, 0.1) is 6.04 Å². The monoisotopic (exact) mass is 351 g/mol. The SMILES string of the molecule is CC1CCN(C(=O)c2ccc(NC(=O)C3CCCN3)cc2)CC1.Cl. The number of anilines is 1. The molecule has 0 aromatic heterocycles. The Morgan fingerprint density at radius 2 is 1.79 bits per heavy atom. The van der Waals surface area contributed by atoms with Crippen molar-refractivity contribution in [2.45, 2.75) is 38.6 Å². The van der Waals surface area contributed by atoms with Crippen LogP contribution in [-0.2, 0) is 4.79 Å². The maximum atomic E-state index is 12.5. The first-order valence-electron chi connectivity index (χ1n) is 8.57. The minimum absolute atomic E-state index is 0. The quantitative estimate of drug-likeness (QED) is 0.880. The van der Waals surface area contributed by atoms with Crippen molar-refractivity contribution in [2.75, 3.05) is 25.0 Å². The molecule has 0 spiro atoms. The van der Waals surface area contributed by atoms with E-state index in [1.54, 1.807) is 12.1 Å². The Morgan fingerprint density at radius 1 is 1.12 bits per heavy atom. The predicted octanol–water partition coefficient (Wildman–Crippen LogP) is 2.67. The summed E-state index contributed by atoms with van der Waals surface area (Å²) in [5, 5.41) is 6.09. The van der Waals surface area contributed by atoms with E-state index in [1.165, 1.54) is 0 Å². The number of benzene rings is 1. The number of nitrogens with zero attached hydrogens (tertiary/aromatic N) is 1. The zero-order valence-corrected chi connectivity index (χ0v) is 14.9. The topological polar surface area (TPSA) is 61.4 Å². The van der Waals surface area contributed by atoms with Crippen LogP contribution in [-0.4, -0.2) is 42.4 Å². The fourth-order valence-electron chi connectivity index (χ4n) is 3.23. The lowest BCUT2D eigenvalue weighted by atomic mass is 9.98. The number of halogens is 1. The fourth-order valence-corrected chi connectivity index (χ4v) is 3.23. The van der Waals surface area contributed by atoms with Gasteiger partial charge < -0.3 is 15.5 Å². The van der Waals surface area contributed by atoms with Crippen molar-refractivity contribution < 1.29 is 9.59 Å². The van der Waals surface area contributed by atoms with Gasteiger partial charge >= 0.3 is 0 Å². The Bertz CT molecular complexity index is 562. The molecular formula is C18H26ClN3O2. The first kappa shape index (κ1) is 18.7. The van der Waals surface area contributed by atoms with Gasteiger partial charge in [-0.1, -0.05) is 6.92 Å². The van der Waals surface area contributed by atoms with Gasteiger partial charge in [-0.15, -0.1) is 12.4 Å². The molecule has 2 fully saturated rings. The van der Waals surface area contributed by atoms with Crippen molar-refractivity contribution in [3.63, 3.8) is 0 Å². The highest BCUT2D eigenvalue weighted by molar-refractivity contribution is 5.97. The van der Waals surface area contributed by atoms with E-state index in [0.717, 1.165) is 51.0 Å². The third-order valence-electron chi connectivity index (χ3n) is 4.85. The van der Waals surface area contributed by atoms with Crippen LogP contribution in [0, 0.1) is 5.92 Å². The molecule has 0 bridgehead atoms. The summed E-state index contributed by atoms with van der Waals surface area (Å²) in [5.74, 6) is 0.805. The van der Waals surface area contributed by atoms with E-state index >= 15 is 0 Å². The summed E-state index contributed by atoms with van der Waals surface area (Å²) in [5.41, 5.74) is 1.43. The van der Waals surface area contributed by atoms with Crippen LogP contribution in [0.5, 0.6) is 0 Å². The molecule has 1 aromatic rings. The predicted molar refractivity (Wildman–Crippen MR) is 97.6 cm³/mol. The summed E-state index contributed by atoms with van der Waals surface area (Å²) in [6, 6.07) is 7.14. The summed E-state index contributed by atoms with van der Waals surface area (Å²) in [4.78, 5) is 26.5. The third kappa shape index (κ3) is 4.48. The van der Waals surface area contributed by atoms with E-state index < -0.39 is 0 Å². The van der Waals surface area contributed by atoms with Gasteiger partial charge in [0.1, 0.15) is 0 Å². The Labute approximate surface area is 149 Å². The Hall–Kier alpha value is -1.59. The second-order valence-corrected chi connectivity index (χ2v) is 6.69. The van der Waals surface area contributed by atoms with Crippen LogP contribution in [0.3, 0.4) is 0 Å². The number of hydrogen-bond donors (Lipinski definition) is 2. The van der Waals surface area contributed by atoms with Crippen molar-refractivity contribution >= 4 is 29.9 Å². The van der Waals surface area contributed by atoms with Crippen LogP contribution in [0.2, 0.25) is 0 Å². The van der Waals surface area contributed by atoms with E-state index in [4.69, 9.17) is 0 Å². The normalized spacial score (nSPS) is 21.2.